The number of nitrogens with two attached hydrogens (primary N) is 1. The van der Waals surface area contributed by atoms with E-state index in [4.69, 9.17) is 5.73 Å². The highest BCUT2D eigenvalue weighted by Gasteiger charge is 2.36. The van der Waals surface area contributed by atoms with E-state index in [2.05, 4.69) is 4.98 Å². The fourth-order valence-electron chi connectivity index (χ4n) is 2.99. The van der Waals surface area contributed by atoms with E-state index in [0.717, 1.165) is 6.42 Å². The molecule has 8 nitrogen and oxygen atoms in total. The molecular weight excluding hydrogens is 320 g/mol. The van der Waals surface area contributed by atoms with Gasteiger partial charge < -0.3 is 5.73 Å². The predicted octanol–water partition coefficient (Wildman–Crippen LogP) is 1.25. The Morgan fingerprint density at radius 1 is 1.39 bits per heavy atom. The monoisotopic (exact) mass is 336 g/mol. The number of rotatable bonds is 4. The predicted molar refractivity (Wildman–Crippen MR) is 84.4 cm³/mol. The Morgan fingerprint density at radius 3 is 2.87 bits per heavy atom. The molecule has 0 bridgehead atoms. The van der Waals surface area contributed by atoms with E-state index >= 15 is 0 Å². The van der Waals surface area contributed by atoms with Crippen LogP contribution in [0.2, 0.25) is 0 Å². The van der Waals surface area contributed by atoms with E-state index in [1.165, 1.54) is 28.7 Å². The van der Waals surface area contributed by atoms with Crippen LogP contribution in [-0.4, -0.2) is 41.8 Å². The smallest absolute Gasteiger partial charge is 0.278 e. The molecule has 1 aliphatic rings. The maximum Gasteiger partial charge on any atom is 0.278 e. The van der Waals surface area contributed by atoms with Gasteiger partial charge in [0.25, 0.3) is 5.69 Å². The topological polar surface area (TPSA) is 119 Å². The van der Waals surface area contributed by atoms with Crippen molar-refractivity contribution in [3.05, 3.63) is 40.6 Å². The Hall–Kier alpha value is -2.10. The molecule has 3 rings (SSSR count). The first-order valence-electron chi connectivity index (χ1n) is 7.21. The largest absolute Gasteiger partial charge is 0.329 e. The molecule has 1 unspecified atom stereocenters. The van der Waals surface area contributed by atoms with E-state index in [0.29, 0.717) is 13.0 Å². The van der Waals surface area contributed by atoms with Gasteiger partial charge in [-0.2, -0.15) is 4.31 Å². The molecule has 0 saturated carbocycles. The molecule has 1 saturated heterocycles. The summed E-state index contributed by atoms with van der Waals surface area (Å²) in [5, 5.41) is 11.3. The number of nitro groups is 1. The van der Waals surface area contributed by atoms with Crippen molar-refractivity contribution < 1.29 is 13.3 Å². The van der Waals surface area contributed by atoms with Crippen molar-refractivity contribution in [3.8, 4) is 0 Å². The number of aromatic nitrogens is 1. The second-order valence-electron chi connectivity index (χ2n) is 5.39. The fourth-order valence-corrected chi connectivity index (χ4v) is 4.84. The fraction of sp³-hybridized carbons (Fsp3) is 0.357. The van der Waals surface area contributed by atoms with Gasteiger partial charge in [0.05, 0.1) is 15.8 Å². The highest BCUT2D eigenvalue weighted by molar-refractivity contribution is 7.89. The number of non-ortho nitro benzene ring substituents is 1. The van der Waals surface area contributed by atoms with Gasteiger partial charge in [-0.15, -0.1) is 0 Å². The summed E-state index contributed by atoms with van der Waals surface area (Å²) in [5.74, 6) is 0. The van der Waals surface area contributed by atoms with Gasteiger partial charge in [0.1, 0.15) is 4.90 Å². The maximum absolute atomic E-state index is 13.0. The van der Waals surface area contributed by atoms with Gasteiger partial charge in [0, 0.05) is 31.4 Å². The maximum atomic E-state index is 13.0. The summed E-state index contributed by atoms with van der Waals surface area (Å²) in [7, 11) is -3.80. The Bertz CT molecular complexity index is 868. The molecule has 2 aromatic rings. The Morgan fingerprint density at radius 2 is 2.17 bits per heavy atom. The number of sulfonamides is 1. The molecule has 1 atom stereocenters. The normalized spacial score (nSPS) is 19.3. The van der Waals surface area contributed by atoms with Gasteiger partial charge in [0.2, 0.25) is 10.0 Å². The molecule has 0 aliphatic carbocycles. The van der Waals surface area contributed by atoms with E-state index in [9.17, 15) is 18.5 Å². The minimum absolute atomic E-state index is 0.0148. The first kappa shape index (κ1) is 15.8. The summed E-state index contributed by atoms with van der Waals surface area (Å²) >= 11 is 0. The van der Waals surface area contributed by atoms with Crippen LogP contribution in [0, 0.1) is 10.1 Å². The van der Waals surface area contributed by atoms with Crippen molar-refractivity contribution in [2.75, 3.05) is 13.1 Å². The number of fused-ring (bicyclic) bond motifs is 1. The zero-order chi connectivity index (χ0) is 16.6. The highest BCUT2D eigenvalue weighted by atomic mass is 32.2. The average Bonchev–Trinajstić information content (AvgIpc) is 3.03. The first-order chi connectivity index (χ1) is 11.0. The number of nitrogens with zero attached hydrogens (tertiary/aromatic N) is 3. The lowest BCUT2D eigenvalue weighted by atomic mass is 10.2. The summed E-state index contributed by atoms with van der Waals surface area (Å²) in [6.45, 7) is 0.646. The van der Waals surface area contributed by atoms with Crippen LogP contribution in [-0.2, 0) is 10.0 Å². The standard InChI is InChI=1S/C14H16N4O4S/c15-9-10-3-2-8-17(10)23(21,22)13-6-5-12(18(19)20)11-4-1-7-16-14(11)13/h1,4-7,10H,2-3,8-9,15H2. The molecule has 0 spiro atoms. The van der Waals surface area contributed by atoms with Crippen LogP contribution >= 0.6 is 0 Å². The zero-order valence-corrected chi connectivity index (χ0v) is 13.1. The molecule has 122 valence electrons. The number of nitro benzene ring substituents is 1. The summed E-state index contributed by atoms with van der Waals surface area (Å²) in [6, 6.07) is 5.28. The lowest BCUT2D eigenvalue weighted by Crippen LogP contribution is -2.39. The van der Waals surface area contributed by atoms with Crippen LogP contribution in [0.3, 0.4) is 0 Å². The minimum Gasteiger partial charge on any atom is -0.329 e. The Labute approximate surface area is 133 Å². The molecule has 1 aliphatic heterocycles. The number of hydrogen-bond donors (Lipinski definition) is 1. The summed E-state index contributed by atoms with van der Waals surface area (Å²) < 4.78 is 27.3. The van der Waals surface area contributed by atoms with Crippen molar-refractivity contribution in [1.29, 1.82) is 0 Å². The van der Waals surface area contributed by atoms with Gasteiger partial charge in [-0.05, 0) is 31.0 Å². The lowest BCUT2D eigenvalue weighted by Gasteiger charge is -2.23. The van der Waals surface area contributed by atoms with Crippen LogP contribution in [0.15, 0.2) is 35.4 Å². The van der Waals surface area contributed by atoms with Crippen LogP contribution in [0.4, 0.5) is 5.69 Å². The molecule has 9 heteroatoms. The van der Waals surface area contributed by atoms with Gasteiger partial charge in [-0.25, -0.2) is 8.42 Å². The van der Waals surface area contributed by atoms with E-state index in [1.807, 2.05) is 0 Å². The van der Waals surface area contributed by atoms with E-state index < -0.39 is 14.9 Å². The molecule has 0 radical (unpaired) electrons. The van der Waals surface area contributed by atoms with Gasteiger partial charge in [0.15, 0.2) is 0 Å². The molecule has 1 aromatic heterocycles. The Balaban J connectivity index is 2.21. The van der Waals surface area contributed by atoms with Gasteiger partial charge >= 0.3 is 0 Å². The molecular formula is C14H16N4O4S. The van der Waals surface area contributed by atoms with Crippen molar-refractivity contribution in [3.63, 3.8) is 0 Å². The number of pyridine rings is 1. The number of hydrogen-bond acceptors (Lipinski definition) is 6. The molecule has 1 aromatic carbocycles. The third kappa shape index (κ3) is 2.56. The van der Waals surface area contributed by atoms with Crippen LogP contribution in [0.1, 0.15) is 12.8 Å². The lowest BCUT2D eigenvalue weighted by molar-refractivity contribution is -0.383. The molecule has 2 N–H and O–H groups in total. The summed E-state index contributed by atoms with van der Waals surface area (Å²) in [4.78, 5) is 14.6. The zero-order valence-electron chi connectivity index (χ0n) is 12.3. The SMILES string of the molecule is NCC1CCCN1S(=O)(=O)c1ccc([N+](=O)[O-])c2cccnc12. The third-order valence-electron chi connectivity index (χ3n) is 4.09. The van der Waals surface area contributed by atoms with Crippen LogP contribution in [0.25, 0.3) is 10.9 Å². The minimum atomic E-state index is -3.80. The molecule has 1 fully saturated rings. The number of benzene rings is 1. The second kappa shape index (κ2) is 5.84. The van der Waals surface area contributed by atoms with Crippen molar-refractivity contribution in [2.45, 2.75) is 23.8 Å². The van der Waals surface area contributed by atoms with E-state index in [-0.39, 0.29) is 34.1 Å². The van der Waals surface area contributed by atoms with Crippen LogP contribution < -0.4 is 5.73 Å². The summed E-state index contributed by atoms with van der Waals surface area (Å²) in [5.41, 5.74) is 5.62. The molecule has 0 amide bonds. The second-order valence-corrected chi connectivity index (χ2v) is 7.25. The highest BCUT2D eigenvalue weighted by Crippen LogP contribution is 2.33. The van der Waals surface area contributed by atoms with E-state index in [1.54, 1.807) is 6.07 Å². The molecule has 23 heavy (non-hydrogen) atoms. The van der Waals surface area contributed by atoms with Gasteiger partial charge in [-0.1, -0.05) is 0 Å². The van der Waals surface area contributed by atoms with Gasteiger partial charge in [-0.3, -0.25) is 15.1 Å². The summed E-state index contributed by atoms with van der Waals surface area (Å²) in [6.07, 6.45) is 2.89. The Kier molecular flexibility index (Phi) is 4.00. The van der Waals surface area contributed by atoms with Crippen molar-refractivity contribution in [2.24, 2.45) is 5.73 Å². The van der Waals surface area contributed by atoms with Crippen LogP contribution in [0.5, 0.6) is 0 Å². The van der Waals surface area contributed by atoms with Crippen molar-refractivity contribution in [1.82, 2.24) is 9.29 Å². The van der Waals surface area contributed by atoms with Crippen molar-refractivity contribution >= 4 is 26.6 Å². The molecule has 2 heterocycles. The first-order valence-corrected chi connectivity index (χ1v) is 8.65. The third-order valence-corrected chi connectivity index (χ3v) is 6.07. The quantitative estimate of drug-likeness (QED) is 0.663. The average molecular weight is 336 g/mol.